The second-order valence-corrected chi connectivity index (χ2v) is 5.66. The van der Waals surface area contributed by atoms with E-state index in [1.54, 1.807) is 23.0 Å². The fourth-order valence-electron chi connectivity index (χ4n) is 2.46. The molecular weight excluding hydrogens is 328 g/mol. The number of hydrogen-bond donors (Lipinski definition) is 1. The third kappa shape index (κ3) is 4.71. The van der Waals surface area contributed by atoms with Crippen LogP contribution in [0.3, 0.4) is 0 Å². The zero-order chi connectivity index (χ0) is 18.2. The minimum absolute atomic E-state index is 0.0129. The number of nitriles is 1. The Kier molecular flexibility index (Phi) is 5.63. The number of hydrogen-bond acceptors (Lipinski definition) is 4. The Morgan fingerprint density at radius 1 is 1.12 bits per heavy atom. The van der Waals surface area contributed by atoms with Gasteiger partial charge in [0.15, 0.2) is 6.61 Å². The molecule has 0 saturated carbocycles. The molecule has 0 radical (unpaired) electrons. The topological polar surface area (TPSA) is 79.9 Å². The molecule has 0 bridgehead atoms. The summed E-state index contributed by atoms with van der Waals surface area (Å²) >= 11 is 0. The molecule has 6 heteroatoms. The van der Waals surface area contributed by atoms with Gasteiger partial charge in [0.05, 0.1) is 12.1 Å². The summed E-state index contributed by atoms with van der Waals surface area (Å²) in [6, 6.07) is 18.8. The first kappa shape index (κ1) is 17.2. The number of carbonyl (C=O) groups is 1. The number of carbonyl (C=O) groups excluding carboxylic acids is 1. The maximum Gasteiger partial charge on any atom is 0.224 e. The predicted molar refractivity (Wildman–Crippen MR) is 96.7 cm³/mol. The van der Waals surface area contributed by atoms with E-state index in [9.17, 15) is 4.79 Å². The fraction of sp³-hybridized carbons (Fsp3) is 0.150. The zero-order valence-electron chi connectivity index (χ0n) is 14.1. The van der Waals surface area contributed by atoms with Gasteiger partial charge in [-0.1, -0.05) is 24.3 Å². The van der Waals surface area contributed by atoms with Gasteiger partial charge in [-0.2, -0.15) is 10.4 Å². The van der Waals surface area contributed by atoms with E-state index < -0.39 is 0 Å². The molecule has 130 valence electrons. The molecule has 0 aliphatic heterocycles. The SMILES string of the molecule is N#CCOc1ccc(CC(=O)NCc2ccc(-n3cccn3)cc2)cc1. The van der Waals surface area contributed by atoms with Crippen molar-refractivity contribution in [3.8, 4) is 17.5 Å². The number of ether oxygens (including phenoxy) is 1. The number of aromatic nitrogens is 2. The average Bonchev–Trinajstić information content (AvgIpc) is 3.21. The molecule has 1 aromatic heterocycles. The van der Waals surface area contributed by atoms with Crippen LogP contribution in [0.1, 0.15) is 11.1 Å². The van der Waals surface area contributed by atoms with Gasteiger partial charge in [-0.25, -0.2) is 4.68 Å². The van der Waals surface area contributed by atoms with Gasteiger partial charge in [0.2, 0.25) is 5.91 Å². The molecule has 1 amide bonds. The molecule has 0 aliphatic carbocycles. The third-order valence-corrected chi connectivity index (χ3v) is 3.79. The smallest absolute Gasteiger partial charge is 0.224 e. The highest BCUT2D eigenvalue weighted by atomic mass is 16.5. The lowest BCUT2D eigenvalue weighted by atomic mass is 10.1. The Morgan fingerprint density at radius 3 is 2.50 bits per heavy atom. The van der Waals surface area contributed by atoms with Crippen molar-refractivity contribution in [2.75, 3.05) is 6.61 Å². The quantitative estimate of drug-likeness (QED) is 0.713. The molecule has 3 aromatic rings. The molecule has 0 aliphatic rings. The van der Waals surface area contributed by atoms with Crippen LogP contribution in [0, 0.1) is 11.3 Å². The first-order chi connectivity index (χ1) is 12.7. The fourth-order valence-corrected chi connectivity index (χ4v) is 2.46. The normalized spacial score (nSPS) is 10.1. The lowest BCUT2D eigenvalue weighted by molar-refractivity contribution is -0.120. The molecule has 6 nitrogen and oxygen atoms in total. The van der Waals surface area contributed by atoms with Gasteiger partial charge in [0.25, 0.3) is 0 Å². The summed E-state index contributed by atoms with van der Waals surface area (Å²) < 4.78 is 6.97. The second-order valence-electron chi connectivity index (χ2n) is 5.66. The van der Waals surface area contributed by atoms with E-state index in [1.165, 1.54) is 0 Å². The highest BCUT2D eigenvalue weighted by Crippen LogP contribution is 2.13. The maximum absolute atomic E-state index is 12.1. The Balaban J connectivity index is 1.48. The van der Waals surface area contributed by atoms with Crippen molar-refractivity contribution < 1.29 is 9.53 Å². The molecule has 0 saturated heterocycles. The lowest BCUT2D eigenvalue weighted by Crippen LogP contribution is -2.24. The van der Waals surface area contributed by atoms with Crippen LogP contribution in [-0.2, 0) is 17.8 Å². The first-order valence-electron chi connectivity index (χ1n) is 8.19. The molecule has 0 atom stereocenters. The summed E-state index contributed by atoms with van der Waals surface area (Å²) in [5.74, 6) is 0.569. The molecule has 2 aromatic carbocycles. The van der Waals surface area contributed by atoms with Gasteiger partial charge < -0.3 is 10.1 Å². The number of benzene rings is 2. The van der Waals surface area contributed by atoms with Crippen molar-refractivity contribution >= 4 is 5.91 Å². The largest absolute Gasteiger partial charge is 0.479 e. The Labute approximate surface area is 151 Å². The number of nitrogens with zero attached hydrogens (tertiary/aromatic N) is 3. The average molecular weight is 346 g/mol. The van der Waals surface area contributed by atoms with Crippen molar-refractivity contribution in [2.24, 2.45) is 0 Å². The molecule has 0 unspecified atom stereocenters. The maximum atomic E-state index is 12.1. The Bertz CT molecular complexity index is 879. The summed E-state index contributed by atoms with van der Waals surface area (Å²) in [7, 11) is 0. The minimum atomic E-state index is -0.0492. The van der Waals surface area contributed by atoms with Gasteiger partial charge in [-0.05, 0) is 41.5 Å². The Morgan fingerprint density at radius 2 is 1.85 bits per heavy atom. The molecule has 0 spiro atoms. The Hall–Kier alpha value is -3.59. The van der Waals surface area contributed by atoms with Crippen LogP contribution >= 0.6 is 0 Å². The van der Waals surface area contributed by atoms with Gasteiger partial charge in [0.1, 0.15) is 11.8 Å². The molecule has 1 heterocycles. The van der Waals surface area contributed by atoms with Crippen LogP contribution in [0.15, 0.2) is 67.0 Å². The summed E-state index contributed by atoms with van der Waals surface area (Å²) in [6.07, 6.45) is 3.91. The van der Waals surface area contributed by atoms with Gasteiger partial charge in [0, 0.05) is 18.9 Å². The van der Waals surface area contributed by atoms with Gasteiger partial charge in [-0.15, -0.1) is 0 Å². The van der Waals surface area contributed by atoms with Crippen LogP contribution in [0.4, 0.5) is 0 Å². The number of nitrogens with one attached hydrogen (secondary N) is 1. The van der Waals surface area contributed by atoms with E-state index >= 15 is 0 Å². The molecule has 0 fully saturated rings. The molecule has 1 N–H and O–H groups in total. The van der Waals surface area contributed by atoms with E-state index in [4.69, 9.17) is 10.00 Å². The van der Waals surface area contributed by atoms with E-state index in [1.807, 2.05) is 54.7 Å². The molecule has 26 heavy (non-hydrogen) atoms. The van der Waals surface area contributed by atoms with Crippen molar-refractivity contribution in [3.05, 3.63) is 78.1 Å². The summed E-state index contributed by atoms with van der Waals surface area (Å²) in [5.41, 5.74) is 2.89. The predicted octanol–water partition coefficient (Wildman–Crippen LogP) is 2.63. The van der Waals surface area contributed by atoms with Crippen molar-refractivity contribution in [1.29, 1.82) is 5.26 Å². The standard InChI is InChI=1S/C20H18N4O2/c21-10-13-26-19-8-4-16(5-9-19)14-20(25)22-15-17-2-6-18(7-3-17)24-12-1-11-23-24/h1-9,11-12H,13-15H2,(H,22,25). The monoisotopic (exact) mass is 346 g/mol. The highest BCUT2D eigenvalue weighted by molar-refractivity contribution is 5.78. The van der Waals surface area contributed by atoms with Gasteiger partial charge in [-0.3, -0.25) is 4.79 Å². The van der Waals surface area contributed by atoms with Crippen LogP contribution < -0.4 is 10.1 Å². The third-order valence-electron chi connectivity index (χ3n) is 3.79. The van der Waals surface area contributed by atoms with E-state index in [2.05, 4.69) is 10.4 Å². The molecule has 3 rings (SSSR count). The van der Waals surface area contributed by atoms with Crippen molar-refractivity contribution in [2.45, 2.75) is 13.0 Å². The van der Waals surface area contributed by atoms with Crippen LogP contribution in [0.5, 0.6) is 5.75 Å². The summed E-state index contributed by atoms with van der Waals surface area (Å²) in [4.78, 5) is 12.1. The summed E-state index contributed by atoms with van der Waals surface area (Å²) in [5, 5.41) is 15.6. The number of rotatable bonds is 7. The van der Waals surface area contributed by atoms with E-state index in [0.29, 0.717) is 18.7 Å². The van der Waals surface area contributed by atoms with Gasteiger partial charge >= 0.3 is 0 Å². The first-order valence-corrected chi connectivity index (χ1v) is 8.19. The second kappa shape index (κ2) is 8.49. The lowest BCUT2D eigenvalue weighted by Gasteiger charge is -2.08. The van der Waals surface area contributed by atoms with Crippen molar-refractivity contribution in [3.63, 3.8) is 0 Å². The number of amides is 1. The van der Waals surface area contributed by atoms with Crippen LogP contribution in [-0.4, -0.2) is 22.3 Å². The highest BCUT2D eigenvalue weighted by Gasteiger charge is 2.04. The minimum Gasteiger partial charge on any atom is -0.479 e. The zero-order valence-corrected chi connectivity index (χ0v) is 14.1. The molecular formula is C20H18N4O2. The van der Waals surface area contributed by atoms with E-state index in [0.717, 1.165) is 16.8 Å². The van der Waals surface area contributed by atoms with Crippen molar-refractivity contribution in [1.82, 2.24) is 15.1 Å². The van der Waals surface area contributed by atoms with Crippen LogP contribution in [0.2, 0.25) is 0 Å². The van der Waals surface area contributed by atoms with E-state index in [-0.39, 0.29) is 12.5 Å². The summed E-state index contributed by atoms with van der Waals surface area (Å²) in [6.45, 7) is 0.487. The van der Waals surface area contributed by atoms with Crippen LogP contribution in [0.25, 0.3) is 5.69 Å².